The molecule has 2 aromatic heterocycles. The molecule has 2 aliphatic rings. The van der Waals surface area contributed by atoms with Crippen LogP contribution in [0.4, 0.5) is 0 Å². The lowest BCUT2D eigenvalue weighted by molar-refractivity contribution is 0.101. The van der Waals surface area contributed by atoms with E-state index in [0.29, 0.717) is 22.5 Å². The van der Waals surface area contributed by atoms with Crippen molar-refractivity contribution in [3.05, 3.63) is 45.3 Å². The minimum atomic E-state index is -0.275. The number of aliphatic imine (C=N–C) groups is 1. The van der Waals surface area contributed by atoms with Gasteiger partial charge in [-0.25, -0.2) is 4.99 Å². The van der Waals surface area contributed by atoms with Crippen molar-refractivity contribution in [2.24, 2.45) is 4.99 Å². The van der Waals surface area contributed by atoms with Gasteiger partial charge in [0.2, 0.25) is 0 Å². The fourth-order valence-corrected chi connectivity index (χ4v) is 4.22. The number of aromatic hydroxyl groups is 1. The van der Waals surface area contributed by atoms with Crippen LogP contribution in [0.5, 0.6) is 5.88 Å². The lowest BCUT2D eigenvalue weighted by Gasteiger charge is -1.99. The highest BCUT2D eigenvalue weighted by Gasteiger charge is 2.34. The van der Waals surface area contributed by atoms with Crippen LogP contribution in [0.3, 0.4) is 0 Å². The predicted octanol–water partition coefficient (Wildman–Crippen LogP) is 3.25. The first kappa shape index (κ1) is 12.0. The number of nitrogens with one attached hydrogen (secondary N) is 1. The molecule has 100 valence electrons. The smallest absolute Gasteiger partial charge is 0.280 e. The van der Waals surface area contributed by atoms with Crippen LogP contribution in [0.1, 0.15) is 32.9 Å². The van der Waals surface area contributed by atoms with Gasteiger partial charge in [0, 0.05) is 10.7 Å². The number of fused-ring (bicyclic) bond motifs is 1. The van der Waals surface area contributed by atoms with E-state index in [0.717, 1.165) is 22.0 Å². The maximum atomic E-state index is 12.2. The van der Waals surface area contributed by atoms with Crippen LogP contribution >= 0.6 is 23.1 Å². The van der Waals surface area contributed by atoms with Crippen molar-refractivity contribution < 1.29 is 9.90 Å². The molecule has 2 N–H and O–H groups in total. The highest BCUT2D eigenvalue weighted by molar-refractivity contribution is 8.08. The highest BCUT2D eigenvalue weighted by Crippen LogP contribution is 2.42. The third-order valence-electron chi connectivity index (χ3n) is 3.35. The van der Waals surface area contributed by atoms with Gasteiger partial charge in [-0.15, -0.1) is 23.1 Å². The van der Waals surface area contributed by atoms with E-state index in [-0.39, 0.29) is 11.8 Å². The van der Waals surface area contributed by atoms with Crippen molar-refractivity contribution in [2.45, 2.75) is 6.42 Å². The fraction of sp³-hybridized carbons (Fsp3) is 0.143. The molecule has 0 fully saturated rings. The highest BCUT2D eigenvalue weighted by atomic mass is 32.2. The molecule has 1 amide bonds. The number of carbonyl (C=O) groups is 1. The zero-order chi connectivity index (χ0) is 13.7. The van der Waals surface area contributed by atoms with Crippen molar-refractivity contribution in [3.63, 3.8) is 0 Å². The van der Waals surface area contributed by atoms with E-state index in [4.69, 9.17) is 0 Å². The molecule has 0 saturated carbocycles. The van der Waals surface area contributed by atoms with Crippen molar-refractivity contribution in [1.82, 2.24) is 4.98 Å². The molecule has 2 aliphatic heterocycles. The Morgan fingerprint density at radius 3 is 2.95 bits per heavy atom. The molecule has 0 radical (unpaired) electrons. The Morgan fingerprint density at radius 1 is 1.35 bits per heavy atom. The van der Waals surface area contributed by atoms with Crippen LogP contribution in [-0.4, -0.2) is 27.5 Å². The maximum absolute atomic E-state index is 12.2. The van der Waals surface area contributed by atoms with Gasteiger partial charge in [0.15, 0.2) is 5.88 Å². The molecule has 0 aliphatic carbocycles. The molecular weight excluding hydrogens is 292 g/mol. The summed E-state index contributed by atoms with van der Waals surface area (Å²) in [6, 6.07) is 3.81. The van der Waals surface area contributed by atoms with Gasteiger partial charge < -0.3 is 10.1 Å². The quantitative estimate of drug-likeness (QED) is 0.895. The number of carbonyl (C=O) groups excluding carboxylic acids is 1. The molecule has 4 nitrogen and oxygen atoms in total. The first-order chi connectivity index (χ1) is 9.75. The van der Waals surface area contributed by atoms with E-state index in [1.165, 1.54) is 11.3 Å². The molecule has 0 atom stereocenters. The summed E-state index contributed by atoms with van der Waals surface area (Å²) in [7, 11) is 0. The van der Waals surface area contributed by atoms with Crippen LogP contribution in [0.25, 0.3) is 4.91 Å². The number of hydrogen-bond acceptors (Lipinski definition) is 4. The molecule has 0 aromatic carbocycles. The summed E-state index contributed by atoms with van der Waals surface area (Å²) in [5.41, 5.74) is 2.33. The zero-order valence-corrected chi connectivity index (χ0v) is 12.0. The van der Waals surface area contributed by atoms with Crippen LogP contribution in [0, 0.1) is 0 Å². The molecule has 20 heavy (non-hydrogen) atoms. The summed E-state index contributed by atoms with van der Waals surface area (Å²) < 4.78 is 0. The van der Waals surface area contributed by atoms with Gasteiger partial charge >= 0.3 is 0 Å². The van der Waals surface area contributed by atoms with Crippen LogP contribution in [-0.2, 0) is 0 Å². The summed E-state index contributed by atoms with van der Waals surface area (Å²) in [6.07, 6.45) is 3.08. The summed E-state index contributed by atoms with van der Waals surface area (Å²) in [5.74, 6) is 0.765. The Bertz CT molecular complexity index is 769. The Labute approximate surface area is 123 Å². The number of thioether (sulfide) groups is 1. The summed E-state index contributed by atoms with van der Waals surface area (Å²) in [5, 5.41) is 12.1. The minimum Gasteiger partial charge on any atom is -0.494 e. The maximum Gasteiger partial charge on any atom is 0.280 e. The first-order valence-electron chi connectivity index (χ1n) is 6.21. The second-order valence-corrected chi connectivity index (χ2v) is 6.63. The standard InChI is InChI=1S/C14H10N2O2S2/c17-13-9-10(12(16-13)8-4-2-6-20-8)14(18)15-11(9)7-3-1-5-19-7/h1,3-5,16-17H,2,6H2. The number of hydrogen-bond donors (Lipinski definition) is 2. The van der Waals surface area contributed by atoms with E-state index in [2.05, 4.69) is 16.1 Å². The minimum absolute atomic E-state index is 0.0291. The van der Waals surface area contributed by atoms with Gasteiger partial charge in [-0.2, -0.15) is 0 Å². The Balaban J connectivity index is 1.90. The lowest BCUT2D eigenvalue weighted by atomic mass is 10.1. The zero-order valence-electron chi connectivity index (χ0n) is 10.3. The molecule has 2 aromatic rings. The van der Waals surface area contributed by atoms with Crippen LogP contribution in [0.2, 0.25) is 0 Å². The van der Waals surface area contributed by atoms with E-state index in [1.807, 2.05) is 17.5 Å². The Hall–Kier alpha value is -1.79. The molecule has 0 bridgehead atoms. The van der Waals surface area contributed by atoms with Gasteiger partial charge in [-0.05, 0) is 17.9 Å². The molecule has 0 spiro atoms. The number of aromatic amines is 1. The molecule has 0 saturated heterocycles. The molecule has 4 heterocycles. The number of aromatic nitrogens is 1. The Kier molecular flexibility index (Phi) is 2.61. The second kappa shape index (κ2) is 4.36. The molecule has 4 rings (SSSR count). The van der Waals surface area contributed by atoms with Gasteiger partial charge in [-0.1, -0.05) is 12.1 Å². The van der Waals surface area contributed by atoms with E-state index >= 15 is 0 Å². The van der Waals surface area contributed by atoms with Crippen LogP contribution < -0.4 is 0 Å². The number of thiophene rings is 1. The largest absolute Gasteiger partial charge is 0.494 e. The number of amides is 1. The van der Waals surface area contributed by atoms with Gasteiger partial charge in [0.1, 0.15) is 0 Å². The fourth-order valence-electron chi connectivity index (χ4n) is 2.51. The third-order valence-corrected chi connectivity index (χ3v) is 5.35. The van der Waals surface area contributed by atoms with Crippen molar-refractivity contribution in [1.29, 1.82) is 0 Å². The van der Waals surface area contributed by atoms with Crippen LogP contribution in [0.15, 0.2) is 28.6 Å². The average Bonchev–Trinajstić information content (AvgIpc) is 3.17. The van der Waals surface area contributed by atoms with E-state index in [1.54, 1.807) is 11.8 Å². The predicted molar refractivity (Wildman–Crippen MR) is 81.8 cm³/mol. The van der Waals surface area contributed by atoms with Crippen molar-refractivity contribution >= 4 is 39.6 Å². The van der Waals surface area contributed by atoms with Gasteiger partial charge in [0.25, 0.3) is 5.91 Å². The summed E-state index contributed by atoms with van der Waals surface area (Å²) >= 11 is 3.20. The number of nitrogens with zero attached hydrogens (tertiary/aromatic N) is 1. The first-order valence-corrected chi connectivity index (χ1v) is 8.08. The number of H-pyrrole nitrogens is 1. The second-order valence-electron chi connectivity index (χ2n) is 4.55. The summed E-state index contributed by atoms with van der Waals surface area (Å²) in [4.78, 5) is 21.2. The topological polar surface area (TPSA) is 65.4 Å². The third kappa shape index (κ3) is 1.61. The number of rotatable bonds is 2. The van der Waals surface area contributed by atoms with Gasteiger partial charge in [-0.3, -0.25) is 4.79 Å². The lowest BCUT2D eigenvalue weighted by Crippen LogP contribution is -1.96. The Morgan fingerprint density at radius 2 is 2.25 bits per heavy atom. The van der Waals surface area contributed by atoms with Crippen molar-refractivity contribution in [2.75, 3.05) is 5.75 Å². The molecule has 6 heteroatoms. The molecular formula is C14H10N2O2S2. The van der Waals surface area contributed by atoms with Gasteiger partial charge in [0.05, 0.1) is 27.4 Å². The summed E-state index contributed by atoms with van der Waals surface area (Å²) in [6.45, 7) is 0. The van der Waals surface area contributed by atoms with E-state index in [9.17, 15) is 9.90 Å². The van der Waals surface area contributed by atoms with E-state index < -0.39 is 0 Å². The average molecular weight is 302 g/mol. The normalized spacial score (nSPS) is 17.3. The monoisotopic (exact) mass is 302 g/mol. The SMILES string of the molecule is O=C1N=C(c2cccs2)c2c(O)[nH]c(C3=CCCS3)c21. The number of allylic oxidation sites excluding steroid dienone is 1. The molecule has 0 unspecified atom stereocenters. The van der Waals surface area contributed by atoms with Crippen molar-refractivity contribution in [3.8, 4) is 5.88 Å².